The van der Waals surface area contributed by atoms with E-state index in [4.69, 9.17) is 4.42 Å². The fourth-order valence-corrected chi connectivity index (χ4v) is 7.85. The summed E-state index contributed by atoms with van der Waals surface area (Å²) >= 11 is 0. The Kier molecular flexibility index (Phi) is 8.16. The normalized spacial score (nSPS) is 11.3. The summed E-state index contributed by atoms with van der Waals surface area (Å²) in [4.78, 5) is 4.68. The summed E-state index contributed by atoms with van der Waals surface area (Å²) in [6.07, 6.45) is 0. The molecular weight excluding hydrogens is 669 g/mol. The lowest BCUT2D eigenvalue weighted by Crippen LogP contribution is -2.10. The Balaban J connectivity index is 1.05. The molecule has 3 heteroatoms. The van der Waals surface area contributed by atoms with Crippen LogP contribution in [0.2, 0.25) is 0 Å². The van der Waals surface area contributed by atoms with Crippen LogP contribution in [0.5, 0.6) is 0 Å². The number of hydrogen-bond donors (Lipinski definition) is 0. The Morgan fingerprint density at radius 2 is 0.764 bits per heavy atom. The molecule has 0 aliphatic heterocycles. The van der Waals surface area contributed by atoms with Crippen molar-refractivity contribution >= 4 is 66.8 Å². The molecule has 10 aromatic rings. The maximum absolute atomic E-state index is 6.17. The van der Waals surface area contributed by atoms with Gasteiger partial charge in [0, 0.05) is 44.6 Å². The summed E-state index contributed by atoms with van der Waals surface area (Å²) in [6, 6.07) is 77.6. The molecule has 0 N–H and O–H groups in total. The average Bonchev–Trinajstić information content (AvgIpc) is 3.64. The Morgan fingerprint density at radius 1 is 0.273 bits per heavy atom. The van der Waals surface area contributed by atoms with E-state index >= 15 is 0 Å². The lowest BCUT2D eigenvalue weighted by molar-refractivity contribution is 0.669. The van der Waals surface area contributed by atoms with Crippen LogP contribution in [0.1, 0.15) is 0 Å². The quantitative estimate of drug-likeness (QED) is 0.157. The molecule has 260 valence electrons. The molecule has 10 rings (SSSR count). The van der Waals surface area contributed by atoms with Crippen LogP contribution in [-0.2, 0) is 0 Å². The van der Waals surface area contributed by atoms with Crippen molar-refractivity contribution in [3.63, 3.8) is 0 Å². The van der Waals surface area contributed by atoms with Gasteiger partial charge >= 0.3 is 0 Å². The second-order valence-corrected chi connectivity index (χ2v) is 13.8. The summed E-state index contributed by atoms with van der Waals surface area (Å²) < 4.78 is 6.17. The van der Waals surface area contributed by atoms with Crippen molar-refractivity contribution in [2.24, 2.45) is 0 Å². The van der Waals surface area contributed by atoms with Crippen molar-refractivity contribution in [1.82, 2.24) is 0 Å². The van der Waals surface area contributed by atoms with Gasteiger partial charge in [0.05, 0.1) is 5.69 Å². The third kappa shape index (κ3) is 5.98. The Morgan fingerprint density at radius 3 is 1.49 bits per heavy atom. The first-order chi connectivity index (χ1) is 27.3. The Labute approximate surface area is 320 Å². The van der Waals surface area contributed by atoms with Crippen LogP contribution in [0, 0.1) is 0 Å². The molecule has 0 unspecified atom stereocenters. The Hall–Kier alpha value is -7.36. The zero-order valence-corrected chi connectivity index (χ0v) is 30.1. The van der Waals surface area contributed by atoms with Gasteiger partial charge in [0.2, 0.25) is 0 Å². The number of benzene rings is 9. The van der Waals surface area contributed by atoms with Gasteiger partial charge in [0.15, 0.2) is 0 Å². The number of hydrogen-bond acceptors (Lipinski definition) is 3. The number of furan rings is 1. The SMILES string of the molecule is c1ccc(-c2ccc(N(c3ccccc3)c3cccc4c(-c5ccc(N(c6ccccc6)c6ccc7oc8ccccc8c7c6)cc5)cccc34)cc2)cc1. The van der Waals surface area contributed by atoms with Crippen molar-refractivity contribution in [3.8, 4) is 22.3 Å². The van der Waals surface area contributed by atoms with Gasteiger partial charge in [-0.05, 0) is 107 Å². The highest BCUT2D eigenvalue weighted by Gasteiger charge is 2.18. The Bertz CT molecular complexity index is 2900. The third-order valence-electron chi connectivity index (χ3n) is 10.5. The highest BCUT2D eigenvalue weighted by atomic mass is 16.3. The summed E-state index contributed by atoms with van der Waals surface area (Å²) in [7, 11) is 0. The standard InChI is InChI=1S/C52H36N2O/c1-4-14-37(15-5-1)38-26-30-43(31-27-38)54(41-18-8-3-9-19-41)50-24-13-22-46-45(21-12-23-47(46)50)39-28-32-42(33-29-39)53(40-16-6-2-7-17-40)44-34-35-52-49(36-44)48-20-10-11-25-51(48)55-52/h1-36H. The highest BCUT2D eigenvalue weighted by Crippen LogP contribution is 2.43. The molecule has 0 saturated carbocycles. The summed E-state index contributed by atoms with van der Waals surface area (Å²) in [5.74, 6) is 0. The van der Waals surface area contributed by atoms with Gasteiger partial charge in [-0.3, -0.25) is 0 Å². The summed E-state index contributed by atoms with van der Waals surface area (Å²) in [5, 5.41) is 4.61. The minimum absolute atomic E-state index is 0.888. The van der Waals surface area contributed by atoms with Crippen LogP contribution in [0.4, 0.5) is 34.1 Å². The van der Waals surface area contributed by atoms with E-state index in [-0.39, 0.29) is 0 Å². The molecule has 0 aliphatic carbocycles. The van der Waals surface area contributed by atoms with Gasteiger partial charge in [-0.1, -0.05) is 140 Å². The molecule has 9 aromatic carbocycles. The van der Waals surface area contributed by atoms with Crippen LogP contribution in [0.15, 0.2) is 223 Å². The van der Waals surface area contributed by atoms with Crippen LogP contribution in [0.25, 0.3) is 55.0 Å². The number of para-hydroxylation sites is 3. The second-order valence-electron chi connectivity index (χ2n) is 13.8. The first kappa shape index (κ1) is 32.3. The van der Waals surface area contributed by atoms with E-state index in [9.17, 15) is 0 Å². The zero-order valence-electron chi connectivity index (χ0n) is 30.1. The van der Waals surface area contributed by atoms with E-state index in [1.807, 2.05) is 12.1 Å². The van der Waals surface area contributed by atoms with E-state index in [1.165, 1.54) is 27.5 Å². The summed E-state index contributed by atoms with van der Waals surface area (Å²) in [5.41, 5.74) is 13.1. The minimum Gasteiger partial charge on any atom is -0.456 e. The molecule has 0 radical (unpaired) electrons. The molecule has 0 aliphatic rings. The van der Waals surface area contributed by atoms with Crippen LogP contribution < -0.4 is 9.80 Å². The van der Waals surface area contributed by atoms with E-state index in [1.54, 1.807) is 0 Å². The number of rotatable bonds is 8. The predicted molar refractivity (Wildman–Crippen MR) is 231 cm³/mol. The van der Waals surface area contributed by atoms with Crippen molar-refractivity contribution < 1.29 is 4.42 Å². The third-order valence-corrected chi connectivity index (χ3v) is 10.5. The molecule has 0 atom stereocenters. The predicted octanol–water partition coefficient (Wildman–Crippen LogP) is 15.0. The molecule has 55 heavy (non-hydrogen) atoms. The van der Waals surface area contributed by atoms with Gasteiger partial charge in [0.25, 0.3) is 0 Å². The van der Waals surface area contributed by atoms with E-state index < -0.39 is 0 Å². The molecule has 0 spiro atoms. The van der Waals surface area contributed by atoms with Gasteiger partial charge in [-0.2, -0.15) is 0 Å². The van der Waals surface area contributed by atoms with Crippen LogP contribution in [-0.4, -0.2) is 0 Å². The van der Waals surface area contributed by atoms with Crippen LogP contribution >= 0.6 is 0 Å². The number of fused-ring (bicyclic) bond motifs is 4. The van der Waals surface area contributed by atoms with Crippen molar-refractivity contribution in [2.45, 2.75) is 0 Å². The number of nitrogens with zero attached hydrogens (tertiary/aromatic N) is 2. The molecule has 3 nitrogen and oxygen atoms in total. The maximum atomic E-state index is 6.17. The molecule has 0 fully saturated rings. The molecule has 0 amide bonds. The highest BCUT2D eigenvalue weighted by molar-refractivity contribution is 6.07. The largest absolute Gasteiger partial charge is 0.456 e. The molecule has 0 saturated heterocycles. The smallest absolute Gasteiger partial charge is 0.135 e. The lowest BCUT2D eigenvalue weighted by atomic mass is 9.96. The second kappa shape index (κ2) is 13.9. The van der Waals surface area contributed by atoms with Crippen LogP contribution in [0.3, 0.4) is 0 Å². The zero-order chi connectivity index (χ0) is 36.6. The average molecular weight is 705 g/mol. The van der Waals surface area contributed by atoms with Crippen molar-refractivity contribution in [3.05, 3.63) is 218 Å². The van der Waals surface area contributed by atoms with E-state index in [2.05, 4.69) is 216 Å². The van der Waals surface area contributed by atoms with Gasteiger partial charge in [0.1, 0.15) is 11.2 Å². The van der Waals surface area contributed by atoms with E-state index in [0.717, 1.165) is 61.6 Å². The molecular formula is C52H36N2O. The van der Waals surface area contributed by atoms with Crippen molar-refractivity contribution in [1.29, 1.82) is 0 Å². The van der Waals surface area contributed by atoms with Gasteiger partial charge in [-0.25, -0.2) is 0 Å². The van der Waals surface area contributed by atoms with Gasteiger partial charge < -0.3 is 14.2 Å². The molecule has 0 bridgehead atoms. The lowest BCUT2D eigenvalue weighted by Gasteiger charge is -2.27. The van der Waals surface area contributed by atoms with E-state index in [0.29, 0.717) is 0 Å². The van der Waals surface area contributed by atoms with Crippen molar-refractivity contribution in [2.75, 3.05) is 9.80 Å². The fraction of sp³-hybridized carbons (Fsp3) is 0. The first-order valence-corrected chi connectivity index (χ1v) is 18.7. The fourth-order valence-electron chi connectivity index (χ4n) is 7.85. The monoisotopic (exact) mass is 704 g/mol. The van der Waals surface area contributed by atoms with Gasteiger partial charge in [-0.15, -0.1) is 0 Å². The summed E-state index contributed by atoms with van der Waals surface area (Å²) in [6.45, 7) is 0. The maximum Gasteiger partial charge on any atom is 0.135 e. The molecule has 1 aromatic heterocycles. The first-order valence-electron chi connectivity index (χ1n) is 18.7. The topological polar surface area (TPSA) is 19.6 Å². The molecule has 1 heterocycles. The minimum atomic E-state index is 0.888. The number of anilines is 6.